The first-order valence-corrected chi connectivity index (χ1v) is 4.15. The largest absolute Gasteiger partial charge is 0.233 e. The molecule has 1 aliphatic carbocycles. The Labute approximate surface area is 62.4 Å². The van der Waals surface area contributed by atoms with E-state index < -0.39 is 0 Å². The van der Waals surface area contributed by atoms with E-state index in [9.17, 15) is 0 Å². The molecule has 0 aromatic heterocycles. The third-order valence-corrected chi connectivity index (χ3v) is 1.98. The molecule has 2 heteroatoms. The van der Waals surface area contributed by atoms with Crippen molar-refractivity contribution in [3.63, 3.8) is 0 Å². The van der Waals surface area contributed by atoms with Gasteiger partial charge in [0.15, 0.2) is 0 Å². The highest BCUT2D eigenvalue weighted by atomic mass is 17.2. The van der Waals surface area contributed by atoms with Crippen molar-refractivity contribution < 1.29 is 9.78 Å². The zero-order chi connectivity index (χ0) is 7.40. The second-order valence-corrected chi connectivity index (χ2v) is 2.96. The van der Waals surface area contributed by atoms with Gasteiger partial charge in [0.2, 0.25) is 0 Å². The van der Waals surface area contributed by atoms with Gasteiger partial charge in [0.25, 0.3) is 0 Å². The first-order valence-electron chi connectivity index (χ1n) is 4.15. The van der Waals surface area contributed by atoms with E-state index in [1.54, 1.807) is 0 Å². The van der Waals surface area contributed by atoms with Crippen LogP contribution in [-0.2, 0) is 9.78 Å². The fourth-order valence-electron chi connectivity index (χ4n) is 0.708. The van der Waals surface area contributed by atoms with Gasteiger partial charge < -0.3 is 0 Å². The predicted molar refractivity (Wildman–Crippen MR) is 39.6 cm³/mol. The van der Waals surface area contributed by atoms with Gasteiger partial charge in [0.05, 0.1) is 12.2 Å². The SMILES string of the molecule is CCC(C)OOC1CCC1. The lowest BCUT2D eigenvalue weighted by Gasteiger charge is -2.25. The van der Waals surface area contributed by atoms with Gasteiger partial charge in [-0.05, 0) is 32.6 Å². The Bertz CT molecular complexity index is 84.5. The molecule has 0 bridgehead atoms. The van der Waals surface area contributed by atoms with E-state index in [1.807, 2.05) is 6.92 Å². The fraction of sp³-hybridized carbons (Fsp3) is 1.00. The molecule has 60 valence electrons. The molecule has 1 aliphatic rings. The van der Waals surface area contributed by atoms with E-state index in [4.69, 9.17) is 9.78 Å². The first-order chi connectivity index (χ1) is 4.83. The molecule has 2 nitrogen and oxygen atoms in total. The number of hydrogen-bond donors (Lipinski definition) is 0. The molecule has 1 rings (SSSR count). The van der Waals surface area contributed by atoms with Crippen molar-refractivity contribution in [2.75, 3.05) is 0 Å². The summed E-state index contributed by atoms with van der Waals surface area (Å²) in [6.07, 6.45) is 5.32. The molecule has 0 saturated heterocycles. The van der Waals surface area contributed by atoms with Gasteiger partial charge >= 0.3 is 0 Å². The third kappa shape index (κ3) is 2.27. The first kappa shape index (κ1) is 8.02. The maximum atomic E-state index is 5.13. The standard InChI is InChI=1S/C8H16O2/c1-3-7(2)9-10-8-5-4-6-8/h7-8H,3-6H2,1-2H3. The molecule has 0 amide bonds. The van der Waals surface area contributed by atoms with Crippen molar-refractivity contribution in [2.24, 2.45) is 0 Å². The van der Waals surface area contributed by atoms with Crippen LogP contribution in [0.15, 0.2) is 0 Å². The van der Waals surface area contributed by atoms with Crippen LogP contribution in [-0.4, -0.2) is 12.2 Å². The third-order valence-electron chi connectivity index (χ3n) is 1.98. The number of hydrogen-bond acceptors (Lipinski definition) is 2. The molecule has 0 radical (unpaired) electrons. The lowest BCUT2D eigenvalue weighted by molar-refractivity contribution is -0.359. The maximum absolute atomic E-state index is 5.13. The lowest BCUT2D eigenvalue weighted by atomic mass is 9.97. The second-order valence-electron chi connectivity index (χ2n) is 2.96. The summed E-state index contributed by atoms with van der Waals surface area (Å²) in [5.74, 6) is 0. The highest BCUT2D eigenvalue weighted by Crippen LogP contribution is 2.22. The Morgan fingerprint density at radius 1 is 1.50 bits per heavy atom. The molecule has 0 heterocycles. The Balaban J connectivity index is 1.93. The summed E-state index contributed by atoms with van der Waals surface area (Å²) in [4.78, 5) is 10.2. The lowest BCUT2D eigenvalue weighted by Crippen LogP contribution is -2.23. The van der Waals surface area contributed by atoms with E-state index in [0.29, 0.717) is 6.10 Å². The molecule has 1 unspecified atom stereocenters. The summed E-state index contributed by atoms with van der Waals surface area (Å²) in [6.45, 7) is 4.12. The van der Waals surface area contributed by atoms with Gasteiger partial charge in [-0.1, -0.05) is 6.92 Å². The quantitative estimate of drug-likeness (QED) is 0.445. The van der Waals surface area contributed by atoms with Crippen molar-refractivity contribution in [1.29, 1.82) is 0 Å². The molecular weight excluding hydrogens is 128 g/mol. The minimum Gasteiger partial charge on any atom is -0.233 e. The molecule has 0 spiro atoms. The molecule has 0 aliphatic heterocycles. The minimum atomic E-state index is 0.251. The van der Waals surface area contributed by atoms with Crippen LogP contribution in [0.2, 0.25) is 0 Å². The fourth-order valence-corrected chi connectivity index (χ4v) is 0.708. The monoisotopic (exact) mass is 144 g/mol. The van der Waals surface area contributed by atoms with Crippen LogP contribution in [0.4, 0.5) is 0 Å². The Morgan fingerprint density at radius 2 is 2.20 bits per heavy atom. The normalized spacial score (nSPS) is 22.2. The van der Waals surface area contributed by atoms with Crippen molar-refractivity contribution in [3.8, 4) is 0 Å². The summed E-state index contributed by atoms with van der Waals surface area (Å²) in [6, 6.07) is 0. The second kappa shape index (κ2) is 3.94. The summed E-state index contributed by atoms with van der Waals surface area (Å²) in [5.41, 5.74) is 0. The summed E-state index contributed by atoms with van der Waals surface area (Å²) in [7, 11) is 0. The molecule has 1 atom stereocenters. The molecule has 0 aromatic carbocycles. The van der Waals surface area contributed by atoms with Crippen LogP contribution < -0.4 is 0 Å². The highest BCUT2D eigenvalue weighted by Gasteiger charge is 2.19. The summed E-state index contributed by atoms with van der Waals surface area (Å²) in [5, 5.41) is 0. The van der Waals surface area contributed by atoms with Crippen LogP contribution in [0.1, 0.15) is 39.5 Å². The maximum Gasteiger partial charge on any atom is 0.0930 e. The van der Waals surface area contributed by atoms with Crippen LogP contribution in [0.3, 0.4) is 0 Å². The number of rotatable bonds is 4. The average molecular weight is 144 g/mol. The predicted octanol–water partition coefficient (Wildman–Crippen LogP) is 2.29. The van der Waals surface area contributed by atoms with Crippen LogP contribution >= 0.6 is 0 Å². The molecule has 10 heavy (non-hydrogen) atoms. The average Bonchev–Trinajstić information content (AvgIpc) is 1.84. The smallest absolute Gasteiger partial charge is 0.0930 e. The van der Waals surface area contributed by atoms with Crippen molar-refractivity contribution in [3.05, 3.63) is 0 Å². The van der Waals surface area contributed by atoms with E-state index in [2.05, 4.69) is 6.92 Å². The van der Waals surface area contributed by atoms with Crippen molar-refractivity contribution >= 4 is 0 Å². The molecular formula is C8H16O2. The minimum absolute atomic E-state index is 0.251. The van der Waals surface area contributed by atoms with Crippen LogP contribution in [0.25, 0.3) is 0 Å². The zero-order valence-corrected chi connectivity index (χ0v) is 6.80. The summed E-state index contributed by atoms with van der Waals surface area (Å²) >= 11 is 0. The molecule has 0 aromatic rings. The van der Waals surface area contributed by atoms with Gasteiger partial charge in [-0.15, -0.1) is 0 Å². The van der Waals surface area contributed by atoms with E-state index in [0.717, 1.165) is 6.42 Å². The zero-order valence-electron chi connectivity index (χ0n) is 6.80. The molecule has 0 N–H and O–H groups in total. The van der Waals surface area contributed by atoms with E-state index in [-0.39, 0.29) is 6.10 Å². The topological polar surface area (TPSA) is 18.5 Å². The highest BCUT2D eigenvalue weighted by molar-refractivity contribution is 4.67. The van der Waals surface area contributed by atoms with Crippen molar-refractivity contribution in [1.82, 2.24) is 0 Å². The van der Waals surface area contributed by atoms with Gasteiger partial charge in [0.1, 0.15) is 0 Å². The van der Waals surface area contributed by atoms with Gasteiger partial charge in [0, 0.05) is 0 Å². The van der Waals surface area contributed by atoms with Gasteiger partial charge in [-0.25, -0.2) is 9.78 Å². The van der Waals surface area contributed by atoms with Gasteiger partial charge in [-0.2, -0.15) is 0 Å². The summed E-state index contributed by atoms with van der Waals surface area (Å²) < 4.78 is 0. The van der Waals surface area contributed by atoms with E-state index in [1.165, 1.54) is 19.3 Å². The van der Waals surface area contributed by atoms with Crippen LogP contribution in [0, 0.1) is 0 Å². The van der Waals surface area contributed by atoms with Gasteiger partial charge in [-0.3, -0.25) is 0 Å². The van der Waals surface area contributed by atoms with Crippen molar-refractivity contribution in [2.45, 2.75) is 51.7 Å². The van der Waals surface area contributed by atoms with Crippen LogP contribution in [0.5, 0.6) is 0 Å². The molecule has 1 saturated carbocycles. The molecule has 1 fully saturated rings. The Hall–Kier alpha value is -0.0800. The Morgan fingerprint density at radius 3 is 2.60 bits per heavy atom. The Kier molecular flexibility index (Phi) is 3.16. The van der Waals surface area contributed by atoms with E-state index >= 15 is 0 Å².